The van der Waals surface area contributed by atoms with Crippen molar-refractivity contribution >= 4 is 23.5 Å². The Kier molecular flexibility index (Phi) is 6.09. The number of hydrogen-bond donors (Lipinski definition) is 0. The molecular weight excluding hydrogens is 304 g/mol. The molecule has 0 spiro atoms. The molecule has 0 unspecified atom stereocenters. The summed E-state index contributed by atoms with van der Waals surface area (Å²) in [6.45, 7) is 0. The predicted molar refractivity (Wildman–Crippen MR) is 99.6 cm³/mol. The van der Waals surface area contributed by atoms with Crippen LogP contribution in [0.1, 0.15) is 32.1 Å². The predicted octanol–water partition coefficient (Wildman–Crippen LogP) is 6.79. The first-order valence-electron chi connectivity index (χ1n) is 8.03. The second kappa shape index (κ2) is 8.50. The van der Waals surface area contributed by atoms with Crippen molar-refractivity contribution in [3.8, 4) is 0 Å². The van der Waals surface area contributed by atoms with Crippen molar-refractivity contribution in [1.82, 2.24) is 0 Å². The summed E-state index contributed by atoms with van der Waals surface area (Å²) in [5.41, 5.74) is 1.66. The summed E-state index contributed by atoms with van der Waals surface area (Å²) in [7, 11) is 0. The van der Waals surface area contributed by atoms with Crippen molar-refractivity contribution in [3.63, 3.8) is 0 Å². The van der Waals surface area contributed by atoms with E-state index in [1.807, 2.05) is 23.5 Å². The van der Waals surface area contributed by atoms with Gasteiger partial charge in [-0.05, 0) is 49.9 Å². The van der Waals surface area contributed by atoms with Crippen LogP contribution in [-0.2, 0) is 0 Å². The van der Waals surface area contributed by atoms with E-state index in [0.717, 1.165) is 0 Å². The molecule has 2 heteroatoms. The van der Waals surface area contributed by atoms with Crippen LogP contribution >= 0.6 is 23.5 Å². The van der Waals surface area contributed by atoms with Crippen LogP contribution in [0, 0.1) is 0 Å². The zero-order valence-electron chi connectivity index (χ0n) is 12.8. The van der Waals surface area contributed by atoms with Crippen molar-refractivity contribution in [2.75, 3.05) is 0 Å². The van der Waals surface area contributed by atoms with Crippen molar-refractivity contribution in [2.45, 2.75) is 46.5 Å². The van der Waals surface area contributed by atoms with Crippen molar-refractivity contribution in [1.29, 1.82) is 0 Å². The highest BCUT2D eigenvalue weighted by atomic mass is 32.2. The summed E-state index contributed by atoms with van der Waals surface area (Å²) in [6, 6.07) is 21.5. The second-order valence-corrected chi connectivity index (χ2v) is 8.34. The Balaban J connectivity index is 1.75. The number of rotatable bonds is 5. The highest BCUT2D eigenvalue weighted by Gasteiger charge is 2.13. The van der Waals surface area contributed by atoms with Crippen molar-refractivity contribution in [2.24, 2.45) is 0 Å². The minimum absolute atomic E-state index is 0.456. The van der Waals surface area contributed by atoms with Crippen LogP contribution in [0.2, 0.25) is 0 Å². The summed E-state index contributed by atoms with van der Waals surface area (Å²) in [5.74, 6) is 0. The number of allylic oxidation sites excluding steroid dienone is 1. The third-order valence-electron chi connectivity index (χ3n) is 3.86. The Morgan fingerprint density at radius 2 is 1.18 bits per heavy atom. The van der Waals surface area contributed by atoms with Gasteiger partial charge in [0.1, 0.15) is 0 Å². The van der Waals surface area contributed by atoms with Gasteiger partial charge < -0.3 is 0 Å². The van der Waals surface area contributed by atoms with Crippen molar-refractivity contribution < 1.29 is 0 Å². The fourth-order valence-corrected chi connectivity index (χ4v) is 5.27. The van der Waals surface area contributed by atoms with E-state index in [1.54, 1.807) is 5.57 Å². The Labute approximate surface area is 142 Å². The summed E-state index contributed by atoms with van der Waals surface area (Å²) >= 11 is 3.93. The summed E-state index contributed by atoms with van der Waals surface area (Å²) in [6.07, 6.45) is 9.24. The van der Waals surface area contributed by atoms with E-state index in [2.05, 4.69) is 66.7 Å². The smallest absolute Gasteiger partial charge is 0.0779 e. The van der Waals surface area contributed by atoms with Gasteiger partial charge in [0.15, 0.2) is 0 Å². The van der Waals surface area contributed by atoms with Crippen LogP contribution in [0.25, 0.3) is 0 Å². The van der Waals surface area contributed by atoms with Crippen LogP contribution < -0.4 is 0 Å². The fraction of sp³-hybridized carbons (Fsp3) is 0.300. The molecule has 0 amide bonds. The zero-order valence-corrected chi connectivity index (χ0v) is 14.4. The first-order chi connectivity index (χ1) is 10.9. The second-order valence-electron chi connectivity index (χ2n) is 5.62. The van der Waals surface area contributed by atoms with Gasteiger partial charge >= 0.3 is 0 Å². The maximum Gasteiger partial charge on any atom is 0.0779 e. The SMILES string of the molecule is C(=C1CCCCC1)C(Sc1ccccc1)Sc1ccccc1. The lowest BCUT2D eigenvalue weighted by atomic mass is 9.95. The molecule has 22 heavy (non-hydrogen) atoms. The zero-order chi connectivity index (χ0) is 15.0. The maximum atomic E-state index is 2.52. The van der Waals surface area contributed by atoms with E-state index in [0.29, 0.717) is 4.58 Å². The molecule has 1 fully saturated rings. The van der Waals surface area contributed by atoms with E-state index < -0.39 is 0 Å². The van der Waals surface area contributed by atoms with Crippen LogP contribution in [0.15, 0.2) is 82.1 Å². The summed E-state index contributed by atoms with van der Waals surface area (Å²) in [4.78, 5) is 2.70. The quantitative estimate of drug-likeness (QED) is 0.337. The lowest BCUT2D eigenvalue weighted by Gasteiger charge is -2.18. The van der Waals surface area contributed by atoms with Gasteiger partial charge in [-0.1, -0.05) is 54.5 Å². The topological polar surface area (TPSA) is 0 Å². The molecular formula is C20H22S2. The van der Waals surface area contributed by atoms with Gasteiger partial charge in [0, 0.05) is 9.79 Å². The van der Waals surface area contributed by atoms with E-state index in [1.165, 1.54) is 41.9 Å². The van der Waals surface area contributed by atoms with Crippen LogP contribution in [0.5, 0.6) is 0 Å². The van der Waals surface area contributed by atoms with Gasteiger partial charge in [0.05, 0.1) is 4.58 Å². The minimum Gasteiger partial charge on any atom is -0.107 e. The van der Waals surface area contributed by atoms with Gasteiger partial charge in [0.25, 0.3) is 0 Å². The van der Waals surface area contributed by atoms with Crippen LogP contribution in [-0.4, -0.2) is 4.58 Å². The molecule has 2 aromatic rings. The van der Waals surface area contributed by atoms with E-state index >= 15 is 0 Å². The molecule has 0 bridgehead atoms. The standard InChI is InChI=1S/C20H22S2/c1-4-10-17(11-5-1)16-20(21-18-12-6-2-7-13-18)22-19-14-8-3-9-15-19/h2-3,6-9,12-16,20H,1,4-5,10-11H2. The normalized spacial score (nSPS) is 15.0. The monoisotopic (exact) mass is 326 g/mol. The molecule has 114 valence electrons. The molecule has 0 aliphatic heterocycles. The number of benzene rings is 2. The fourth-order valence-electron chi connectivity index (χ4n) is 2.72. The first kappa shape index (κ1) is 15.8. The molecule has 0 aromatic heterocycles. The number of thioether (sulfide) groups is 2. The summed E-state index contributed by atoms with van der Waals surface area (Å²) in [5, 5.41) is 0. The molecule has 1 aliphatic carbocycles. The molecule has 3 rings (SSSR count). The summed E-state index contributed by atoms with van der Waals surface area (Å²) < 4.78 is 0.456. The van der Waals surface area contributed by atoms with Crippen LogP contribution in [0.3, 0.4) is 0 Å². The molecule has 0 nitrogen and oxygen atoms in total. The molecule has 0 heterocycles. The van der Waals surface area contributed by atoms with Crippen LogP contribution in [0.4, 0.5) is 0 Å². The molecule has 0 atom stereocenters. The lowest BCUT2D eigenvalue weighted by Crippen LogP contribution is -1.99. The Morgan fingerprint density at radius 3 is 1.68 bits per heavy atom. The highest BCUT2D eigenvalue weighted by Crippen LogP contribution is 2.38. The Bertz CT molecular complexity index is 540. The van der Waals surface area contributed by atoms with Gasteiger partial charge in [-0.2, -0.15) is 0 Å². The first-order valence-corrected chi connectivity index (χ1v) is 9.79. The molecule has 1 saturated carbocycles. The average molecular weight is 327 g/mol. The molecule has 1 aliphatic rings. The third kappa shape index (κ3) is 4.96. The minimum atomic E-state index is 0.456. The lowest BCUT2D eigenvalue weighted by molar-refractivity contribution is 0.598. The van der Waals surface area contributed by atoms with E-state index in [4.69, 9.17) is 0 Å². The largest absolute Gasteiger partial charge is 0.107 e. The average Bonchev–Trinajstić information content (AvgIpc) is 2.57. The maximum absolute atomic E-state index is 2.52. The molecule has 0 N–H and O–H groups in total. The Hall–Kier alpha value is -1.12. The van der Waals surface area contributed by atoms with Gasteiger partial charge in [-0.15, -0.1) is 23.5 Å². The molecule has 0 radical (unpaired) electrons. The van der Waals surface area contributed by atoms with E-state index in [9.17, 15) is 0 Å². The van der Waals surface area contributed by atoms with Crippen molar-refractivity contribution in [3.05, 3.63) is 72.3 Å². The Morgan fingerprint density at radius 1 is 0.682 bits per heavy atom. The van der Waals surface area contributed by atoms with Gasteiger partial charge in [-0.25, -0.2) is 0 Å². The third-order valence-corrected chi connectivity index (χ3v) is 6.26. The van der Waals surface area contributed by atoms with Gasteiger partial charge in [0.2, 0.25) is 0 Å². The molecule has 0 saturated heterocycles. The van der Waals surface area contributed by atoms with Gasteiger partial charge in [-0.3, -0.25) is 0 Å². The number of hydrogen-bond acceptors (Lipinski definition) is 2. The molecule has 2 aromatic carbocycles. The highest BCUT2D eigenvalue weighted by molar-refractivity contribution is 8.17. The van der Waals surface area contributed by atoms with E-state index in [-0.39, 0.29) is 0 Å².